The lowest BCUT2D eigenvalue weighted by Crippen LogP contribution is -2.48. The lowest BCUT2D eigenvalue weighted by atomic mass is 9.76. The summed E-state index contributed by atoms with van der Waals surface area (Å²) in [5.74, 6) is 2.56. The lowest BCUT2D eigenvalue weighted by molar-refractivity contribution is 0.0593. The Labute approximate surface area is 181 Å². The van der Waals surface area contributed by atoms with Crippen LogP contribution in [0.2, 0.25) is 0 Å². The van der Waals surface area contributed by atoms with Gasteiger partial charge in [-0.05, 0) is 30.0 Å². The molecule has 31 heavy (non-hydrogen) atoms. The predicted octanol–water partition coefficient (Wildman–Crippen LogP) is 3.43. The van der Waals surface area contributed by atoms with Crippen molar-refractivity contribution in [2.75, 3.05) is 33.0 Å². The van der Waals surface area contributed by atoms with Crippen LogP contribution in [0.3, 0.4) is 0 Å². The molecule has 1 aromatic carbocycles. The normalized spacial score (nSPS) is 20.1. The molecule has 164 valence electrons. The van der Waals surface area contributed by atoms with Crippen LogP contribution in [0.5, 0.6) is 11.5 Å². The van der Waals surface area contributed by atoms with Crippen molar-refractivity contribution >= 4 is 11.7 Å². The van der Waals surface area contributed by atoms with Gasteiger partial charge in [0.2, 0.25) is 6.79 Å². The predicted molar refractivity (Wildman–Crippen MR) is 114 cm³/mol. The van der Waals surface area contributed by atoms with Gasteiger partial charge in [-0.25, -0.2) is 0 Å². The number of carbonyl (C=O) groups excluding carboxylic acids is 2. The van der Waals surface area contributed by atoms with E-state index in [4.69, 9.17) is 13.9 Å². The number of hydrogen-bond acceptors (Lipinski definition) is 6. The third kappa shape index (κ3) is 3.71. The van der Waals surface area contributed by atoms with Gasteiger partial charge in [0.1, 0.15) is 5.76 Å². The number of fused-ring (bicyclic) bond motifs is 2. The SMILES string of the molecule is Cc1c(C(=O)N2CCN(Cc3ccc4c(c3)OCO4)CC2)oc2c1C(=O)CC(C)(C)C2. The van der Waals surface area contributed by atoms with E-state index >= 15 is 0 Å². The van der Waals surface area contributed by atoms with E-state index in [0.717, 1.165) is 31.1 Å². The van der Waals surface area contributed by atoms with E-state index in [1.165, 1.54) is 5.56 Å². The first-order valence-electron chi connectivity index (χ1n) is 10.9. The summed E-state index contributed by atoms with van der Waals surface area (Å²) in [6.45, 7) is 9.87. The largest absolute Gasteiger partial charge is 0.455 e. The Morgan fingerprint density at radius 2 is 1.81 bits per heavy atom. The maximum atomic E-state index is 13.2. The monoisotopic (exact) mass is 424 g/mol. The smallest absolute Gasteiger partial charge is 0.289 e. The van der Waals surface area contributed by atoms with E-state index in [-0.39, 0.29) is 23.9 Å². The molecular formula is C24H28N2O5. The molecule has 1 amide bonds. The van der Waals surface area contributed by atoms with E-state index in [1.54, 1.807) is 0 Å². The molecule has 0 atom stereocenters. The zero-order valence-corrected chi connectivity index (χ0v) is 18.3. The number of hydrogen-bond donors (Lipinski definition) is 0. The number of ether oxygens (including phenoxy) is 2. The van der Waals surface area contributed by atoms with Crippen molar-refractivity contribution in [2.45, 2.75) is 40.2 Å². The van der Waals surface area contributed by atoms with Gasteiger partial charge in [0.25, 0.3) is 5.91 Å². The molecule has 0 N–H and O–H groups in total. The fourth-order valence-electron chi connectivity index (χ4n) is 4.84. The number of carbonyl (C=O) groups is 2. The molecule has 0 radical (unpaired) electrons. The van der Waals surface area contributed by atoms with Gasteiger partial charge in [0.15, 0.2) is 23.0 Å². The summed E-state index contributed by atoms with van der Waals surface area (Å²) in [5.41, 5.74) is 2.36. The van der Waals surface area contributed by atoms with Crippen LogP contribution < -0.4 is 9.47 Å². The summed E-state index contributed by atoms with van der Waals surface area (Å²) in [4.78, 5) is 29.9. The fourth-order valence-corrected chi connectivity index (χ4v) is 4.84. The van der Waals surface area contributed by atoms with Crippen LogP contribution in [0.15, 0.2) is 22.6 Å². The van der Waals surface area contributed by atoms with Crippen LogP contribution in [-0.2, 0) is 13.0 Å². The molecular weight excluding hydrogens is 396 g/mol. The van der Waals surface area contributed by atoms with Gasteiger partial charge in [-0.2, -0.15) is 0 Å². The van der Waals surface area contributed by atoms with E-state index in [1.807, 2.05) is 24.0 Å². The van der Waals surface area contributed by atoms with Crippen LogP contribution in [0, 0.1) is 12.3 Å². The Morgan fingerprint density at radius 3 is 2.58 bits per heavy atom. The van der Waals surface area contributed by atoms with Crippen molar-refractivity contribution < 1.29 is 23.5 Å². The number of benzene rings is 1. The van der Waals surface area contributed by atoms with Gasteiger partial charge >= 0.3 is 0 Å². The minimum atomic E-state index is -0.130. The molecule has 7 heteroatoms. The second kappa shape index (κ2) is 7.41. The maximum Gasteiger partial charge on any atom is 0.289 e. The quantitative estimate of drug-likeness (QED) is 0.752. The number of amides is 1. The Morgan fingerprint density at radius 1 is 1.06 bits per heavy atom. The van der Waals surface area contributed by atoms with Crippen LogP contribution in [0.4, 0.5) is 0 Å². The molecule has 2 aromatic rings. The van der Waals surface area contributed by atoms with Crippen molar-refractivity contribution in [1.82, 2.24) is 9.80 Å². The number of rotatable bonds is 3. The minimum absolute atomic E-state index is 0.0834. The molecule has 0 spiro atoms. The Balaban J connectivity index is 1.24. The summed E-state index contributed by atoms with van der Waals surface area (Å²) < 4.78 is 16.8. The van der Waals surface area contributed by atoms with Crippen LogP contribution in [0.1, 0.15) is 58.1 Å². The second-order valence-corrected chi connectivity index (χ2v) is 9.55. The summed E-state index contributed by atoms with van der Waals surface area (Å²) in [7, 11) is 0. The van der Waals surface area contributed by atoms with E-state index in [2.05, 4.69) is 24.8 Å². The average Bonchev–Trinajstić information content (AvgIpc) is 3.31. The van der Waals surface area contributed by atoms with Crippen molar-refractivity contribution in [1.29, 1.82) is 0 Å². The number of Topliss-reactive ketones (excluding diaryl/α,β-unsaturated/α-hetero) is 1. The molecule has 1 saturated heterocycles. The molecule has 0 saturated carbocycles. The van der Waals surface area contributed by atoms with Gasteiger partial charge in [-0.1, -0.05) is 19.9 Å². The van der Waals surface area contributed by atoms with E-state index < -0.39 is 0 Å². The molecule has 0 unspecified atom stereocenters. The van der Waals surface area contributed by atoms with Crippen molar-refractivity contribution in [3.63, 3.8) is 0 Å². The maximum absolute atomic E-state index is 13.2. The first kappa shape index (κ1) is 20.1. The number of piperazine rings is 1. The lowest BCUT2D eigenvalue weighted by Gasteiger charge is -2.34. The molecule has 3 aliphatic rings. The molecule has 5 rings (SSSR count). The Hall–Kier alpha value is -2.80. The first-order valence-corrected chi connectivity index (χ1v) is 10.9. The van der Waals surface area contributed by atoms with Crippen molar-refractivity contribution in [2.24, 2.45) is 5.41 Å². The zero-order valence-electron chi connectivity index (χ0n) is 18.3. The molecule has 3 heterocycles. The fraction of sp³-hybridized carbons (Fsp3) is 0.500. The Bertz CT molecular complexity index is 1050. The highest BCUT2D eigenvalue weighted by Gasteiger charge is 2.38. The topological polar surface area (TPSA) is 72.2 Å². The van der Waals surface area contributed by atoms with Crippen LogP contribution in [-0.4, -0.2) is 54.5 Å². The summed E-state index contributed by atoms with van der Waals surface area (Å²) in [5, 5.41) is 0. The number of furan rings is 1. The third-order valence-electron chi connectivity index (χ3n) is 6.47. The minimum Gasteiger partial charge on any atom is -0.455 e. The molecule has 2 aliphatic heterocycles. The highest BCUT2D eigenvalue weighted by Crippen LogP contribution is 2.38. The van der Waals surface area contributed by atoms with Gasteiger partial charge in [-0.15, -0.1) is 0 Å². The van der Waals surface area contributed by atoms with Crippen molar-refractivity contribution in [3.05, 3.63) is 46.4 Å². The first-order chi connectivity index (χ1) is 14.8. The van der Waals surface area contributed by atoms with Crippen LogP contribution in [0.25, 0.3) is 0 Å². The van der Waals surface area contributed by atoms with Gasteiger partial charge in [-0.3, -0.25) is 14.5 Å². The third-order valence-corrected chi connectivity index (χ3v) is 6.47. The molecule has 1 aliphatic carbocycles. The summed E-state index contributed by atoms with van der Waals surface area (Å²) >= 11 is 0. The van der Waals surface area contributed by atoms with E-state index in [9.17, 15) is 9.59 Å². The molecule has 1 fully saturated rings. The highest BCUT2D eigenvalue weighted by atomic mass is 16.7. The molecule has 0 bridgehead atoms. The van der Waals surface area contributed by atoms with Crippen LogP contribution >= 0.6 is 0 Å². The van der Waals surface area contributed by atoms with Gasteiger partial charge in [0, 0.05) is 51.1 Å². The summed E-state index contributed by atoms with van der Waals surface area (Å²) in [6.07, 6.45) is 1.18. The van der Waals surface area contributed by atoms with Gasteiger partial charge in [0.05, 0.1) is 5.56 Å². The van der Waals surface area contributed by atoms with Gasteiger partial charge < -0.3 is 18.8 Å². The van der Waals surface area contributed by atoms with E-state index in [0.29, 0.717) is 48.6 Å². The molecule has 1 aromatic heterocycles. The number of nitrogens with zero attached hydrogens (tertiary/aromatic N) is 2. The zero-order chi connectivity index (χ0) is 21.8. The average molecular weight is 424 g/mol. The van der Waals surface area contributed by atoms with Crippen molar-refractivity contribution in [3.8, 4) is 11.5 Å². The second-order valence-electron chi connectivity index (χ2n) is 9.55. The highest BCUT2D eigenvalue weighted by molar-refractivity contribution is 6.03. The standard InChI is InChI=1S/C24H28N2O5/c1-15-21-17(27)11-24(2,3)12-20(21)31-22(15)23(28)26-8-6-25(7-9-26)13-16-4-5-18-19(10-16)30-14-29-18/h4-5,10H,6-9,11-14H2,1-3H3. The number of ketones is 1. The Kier molecular flexibility index (Phi) is 4.81. The molecule has 7 nitrogen and oxygen atoms in total. The summed E-state index contributed by atoms with van der Waals surface area (Å²) in [6, 6.07) is 6.02.